The number of rotatable bonds is 4. The number of hydrogen-bond donors (Lipinski definition) is 2. The number of nitrogen functional groups attached to an aromatic ring is 1. The SMILES string of the molecule is Cl.Nc1ccc(NC(=O)CCC2CCCCC2)cn1. The molecular formula is C14H22ClN3O. The summed E-state index contributed by atoms with van der Waals surface area (Å²) in [6.45, 7) is 0. The standard InChI is InChI=1S/C14H21N3O.ClH/c15-13-8-7-12(10-16-13)17-14(18)9-6-11-4-2-1-3-5-11;/h7-8,10-11H,1-6,9H2,(H2,15,16)(H,17,18);1H. The predicted octanol–water partition coefficient (Wildman–Crippen LogP) is 3.38. The first-order chi connectivity index (χ1) is 8.74. The molecule has 0 bridgehead atoms. The van der Waals surface area contributed by atoms with Crippen molar-refractivity contribution in [2.45, 2.75) is 44.9 Å². The minimum absolute atomic E-state index is 0. The molecule has 0 aliphatic heterocycles. The zero-order valence-corrected chi connectivity index (χ0v) is 11.9. The molecule has 2 rings (SSSR count). The van der Waals surface area contributed by atoms with Gasteiger partial charge in [-0.05, 0) is 24.5 Å². The van der Waals surface area contributed by atoms with Crippen LogP contribution in [0.25, 0.3) is 0 Å². The molecule has 0 radical (unpaired) electrons. The molecule has 106 valence electrons. The van der Waals surface area contributed by atoms with Crippen molar-refractivity contribution in [1.29, 1.82) is 0 Å². The number of nitrogens with zero attached hydrogens (tertiary/aromatic N) is 1. The van der Waals surface area contributed by atoms with Gasteiger partial charge >= 0.3 is 0 Å². The zero-order valence-electron chi connectivity index (χ0n) is 11.1. The summed E-state index contributed by atoms with van der Waals surface area (Å²) in [4.78, 5) is 15.7. The predicted molar refractivity (Wildman–Crippen MR) is 80.3 cm³/mol. The van der Waals surface area contributed by atoms with Crippen LogP contribution in [0.15, 0.2) is 18.3 Å². The molecule has 1 saturated carbocycles. The summed E-state index contributed by atoms with van der Waals surface area (Å²) in [5.41, 5.74) is 6.21. The average molecular weight is 284 g/mol. The molecular weight excluding hydrogens is 262 g/mol. The summed E-state index contributed by atoms with van der Waals surface area (Å²) in [5.74, 6) is 1.29. The molecule has 1 fully saturated rings. The van der Waals surface area contributed by atoms with Crippen LogP contribution in [0.4, 0.5) is 11.5 Å². The number of carbonyl (C=O) groups is 1. The Labute approximate surface area is 120 Å². The van der Waals surface area contributed by atoms with Gasteiger partial charge in [0.1, 0.15) is 5.82 Å². The number of hydrogen-bond acceptors (Lipinski definition) is 3. The van der Waals surface area contributed by atoms with Crippen molar-refractivity contribution < 1.29 is 4.79 Å². The van der Waals surface area contributed by atoms with E-state index in [9.17, 15) is 4.79 Å². The van der Waals surface area contributed by atoms with Gasteiger partial charge < -0.3 is 11.1 Å². The Morgan fingerprint density at radius 2 is 2.05 bits per heavy atom. The molecule has 19 heavy (non-hydrogen) atoms. The monoisotopic (exact) mass is 283 g/mol. The Balaban J connectivity index is 0.00000180. The van der Waals surface area contributed by atoms with E-state index in [0.717, 1.165) is 18.0 Å². The molecule has 5 heteroatoms. The van der Waals surface area contributed by atoms with Crippen molar-refractivity contribution in [2.24, 2.45) is 5.92 Å². The summed E-state index contributed by atoms with van der Waals surface area (Å²) in [6.07, 6.45) is 9.80. The van der Waals surface area contributed by atoms with Gasteiger partial charge in [0, 0.05) is 6.42 Å². The molecule has 0 unspecified atom stereocenters. The van der Waals surface area contributed by atoms with Crippen LogP contribution in [0.3, 0.4) is 0 Å². The van der Waals surface area contributed by atoms with Crippen LogP contribution in [0.1, 0.15) is 44.9 Å². The lowest BCUT2D eigenvalue weighted by molar-refractivity contribution is -0.116. The van der Waals surface area contributed by atoms with Crippen LogP contribution in [0.5, 0.6) is 0 Å². The second-order valence-electron chi connectivity index (χ2n) is 5.06. The van der Waals surface area contributed by atoms with Crippen LogP contribution in [-0.2, 0) is 4.79 Å². The molecule has 4 nitrogen and oxygen atoms in total. The number of nitrogens with one attached hydrogen (secondary N) is 1. The van der Waals surface area contributed by atoms with E-state index in [1.807, 2.05) is 0 Å². The van der Waals surface area contributed by atoms with E-state index in [1.54, 1.807) is 18.3 Å². The maximum absolute atomic E-state index is 11.8. The molecule has 0 saturated heterocycles. The normalized spacial score (nSPS) is 15.6. The molecule has 1 heterocycles. The first-order valence-electron chi connectivity index (χ1n) is 6.75. The highest BCUT2D eigenvalue weighted by molar-refractivity contribution is 5.90. The summed E-state index contributed by atoms with van der Waals surface area (Å²) in [6, 6.07) is 3.47. The smallest absolute Gasteiger partial charge is 0.224 e. The fourth-order valence-corrected chi connectivity index (χ4v) is 2.51. The van der Waals surface area contributed by atoms with Crippen LogP contribution >= 0.6 is 12.4 Å². The first kappa shape index (κ1) is 15.8. The van der Waals surface area contributed by atoms with E-state index in [4.69, 9.17) is 5.73 Å². The van der Waals surface area contributed by atoms with Gasteiger partial charge in [-0.1, -0.05) is 32.1 Å². The highest BCUT2D eigenvalue weighted by Crippen LogP contribution is 2.27. The average Bonchev–Trinajstić information content (AvgIpc) is 2.40. The van der Waals surface area contributed by atoms with Gasteiger partial charge in [-0.15, -0.1) is 12.4 Å². The number of aromatic nitrogens is 1. The third kappa shape index (κ3) is 5.47. The lowest BCUT2D eigenvalue weighted by Gasteiger charge is -2.20. The maximum Gasteiger partial charge on any atom is 0.224 e. The van der Waals surface area contributed by atoms with Crippen LogP contribution in [0, 0.1) is 5.92 Å². The van der Waals surface area contributed by atoms with Gasteiger partial charge in [0.05, 0.1) is 11.9 Å². The fourth-order valence-electron chi connectivity index (χ4n) is 2.51. The topological polar surface area (TPSA) is 68.0 Å². The number of carbonyl (C=O) groups excluding carboxylic acids is 1. The molecule has 0 aromatic carbocycles. The molecule has 1 aromatic heterocycles. The lowest BCUT2D eigenvalue weighted by atomic mass is 9.86. The molecule has 0 atom stereocenters. The maximum atomic E-state index is 11.8. The zero-order chi connectivity index (χ0) is 12.8. The third-order valence-electron chi connectivity index (χ3n) is 3.57. The van der Waals surface area contributed by atoms with Crippen molar-refractivity contribution in [1.82, 2.24) is 4.98 Å². The van der Waals surface area contributed by atoms with Gasteiger partial charge in [-0.3, -0.25) is 4.79 Å². The highest BCUT2D eigenvalue weighted by atomic mass is 35.5. The van der Waals surface area contributed by atoms with Crippen molar-refractivity contribution in [3.05, 3.63) is 18.3 Å². The Bertz CT molecular complexity index is 388. The van der Waals surface area contributed by atoms with Crippen LogP contribution in [0.2, 0.25) is 0 Å². The van der Waals surface area contributed by atoms with Crippen molar-refractivity contribution >= 4 is 29.8 Å². The quantitative estimate of drug-likeness (QED) is 0.890. The molecule has 1 aliphatic carbocycles. The van der Waals surface area contributed by atoms with E-state index in [2.05, 4.69) is 10.3 Å². The molecule has 1 aromatic rings. The fraction of sp³-hybridized carbons (Fsp3) is 0.571. The van der Waals surface area contributed by atoms with Gasteiger partial charge in [-0.2, -0.15) is 0 Å². The van der Waals surface area contributed by atoms with Gasteiger partial charge in [0.25, 0.3) is 0 Å². The number of anilines is 2. The highest BCUT2D eigenvalue weighted by Gasteiger charge is 2.14. The summed E-state index contributed by atoms with van der Waals surface area (Å²) < 4.78 is 0. The minimum atomic E-state index is 0. The molecule has 1 amide bonds. The van der Waals surface area contributed by atoms with Crippen LogP contribution < -0.4 is 11.1 Å². The number of nitrogens with two attached hydrogens (primary N) is 1. The van der Waals surface area contributed by atoms with Crippen molar-refractivity contribution in [3.63, 3.8) is 0 Å². The van der Waals surface area contributed by atoms with Crippen molar-refractivity contribution in [2.75, 3.05) is 11.1 Å². The van der Waals surface area contributed by atoms with E-state index >= 15 is 0 Å². The largest absolute Gasteiger partial charge is 0.384 e. The summed E-state index contributed by atoms with van der Waals surface area (Å²) >= 11 is 0. The van der Waals surface area contributed by atoms with E-state index < -0.39 is 0 Å². The van der Waals surface area contributed by atoms with E-state index in [-0.39, 0.29) is 18.3 Å². The Hall–Kier alpha value is -1.29. The summed E-state index contributed by atoms with van der Waals surface area (Å²) in [7, 11) is 0. The summed E-state index contributed by atoms with van der Waals surface area (Å²) in [5, 5.41) is 2.85. The second kappa shape index (κ2) is 8.00. The first-order valence-corrected chi connectivity index (χ1v) is 6.75. The van der Waals surface area contributed by atoms with E-state index in [0.29, 0.717) is 12.2 Å². The second-order valence-corrected chi connectivity index (χ2v) is 5.06. The number of pyridine rings is 1. The third-order valence-corrected chi connectivity index (χ3v) is 3.57. The van der Waals surface area contributed by atoms with Gasteiger partial charge in [0.15, 0.2) is 0 Å². The minimum Gasteiger partial charge on any atom is -0.384 e. The Morgan fingerprint density at radius 3 is 2.68 bits per heavy atom. The molecule has 1 aliphatic rings. The molecule has 0 spiro atoms. The Kier molecular flexibility index (Phi) is 6.64. The Morgan fingerprint density at radius 1 is 1.32 bits per heavy atom. The number of amides is 1. The van der Waals surface area contributed by atoms with Gasteiger partial charge in [0.2, 0.25) is 5.91 Å². The lowest BCUT2D eigenvalue weighted by Crippen LogP contribution is -2.15. The number of halogens is 1. The van der Waals surface area contributed by atoms with E-state index in [1.165, 1.54) is 32.1 Å². The van der Waals surface area contributed by atoms with Crippen LogP contribution in [-0.4, -0.2) is 10.9 Å². The molecule has 3 N–H and O–H groups in total. The van der Waals surface area contributed by atoms with Crippen molar-refractivity contribution in [3.8, 4) is 0 Å². The van der Waals surface area contributed by atoms with Gasteiger partial charge in [-0.25, -0.2) is 4.98 Å².